The van der Waals surface area contributed by atoms with Crippen LogP contribution in [0.3, 0.4) is 0 Å². The molecule has 0 saturated heterocycles. The molecule has 84 valence electrons. The summed E-state index contributed by atoms with van der Waals surface area (Å²) >= 11 is 3.36. The van der Waals surface area contributed by atoms with Gasteiger partial charge in [-0.3, -0.25) is 9.48 Å². The fourth-order valence-electron chi connectivity index (χ4n) is 1.50. The molecule has 0 aliphatic rings. The molecule has 1 heterocycles. The number of benzene rings is 1. The Balaban J connectivity index is 2.63. The Bertz CT molecular complexity index is 548. The van der Waals surface area contributed by atoms with E-state index in [0.717, 1.165) is 21.9 Å². The summed E-state index contributed by atoms with van der Waals surface area (Å²) in [6.45, 7) is 4.17. The van der Waals surface area contributed by atoms with Gasteiger partial charge in [0.2, 0.25) is 0 Å². The van der Waals surface area contributed by atoms with Crippen LogP contribution in [0.25, 0.3) is 10.9 Å². The van der Waals surface area contributed by atoms with Crippen molar-refractivity contribution in [2.75, 3.05) is 0 Å². The van der Waals surface area contributed by atoms with Crippen LogP contribution in [0.2, 0.25) is 0 Å². The molecule has 0 saturated carbocycles. The minimum atomic E-state index is -0.336. The number of halogens is 1. The van der Waals surface area contributed by atoms with Crippen molar-refractivity contribution in [1.29, 1.82) is 0 Å². The number of aryl methyl sites for hydroxylation is 1. The lowest BCUT2D eigenvalue weighted by Gasteiger charge is -2.04. The van der Waals surface area contributed by atoms with Gasteiger partial charge in [-0.1, -0.05) is 0 Å². The number of hydrogen-bond donors (Lipinski definition) is 0. The summed E-state index contributed by atoms with van der Waals surface area (Å²) in [4.78, 5) is 11.0. The predicted octanol–water partition coefficient (Wildman–Crippen LogP) is 2.74. The number of fused-ring (bicyclic) bond motifs is 1. The van der Waals surface area contributed by atoms with Gasteiger partial charge in [0.05, 0.1) is 15.4 Å². The smallest absolute Gasteiger partial charge is 0.308 e. The second-order valence-electron chi connectivity index (χ2n) is 3.39. The highest BCUT2D eigenvalue weighted by atomic mass is 79.9. The number of rotatable bonds is 2. The Labute approximate surface area is 101 Å². The minimum absolute atomic E-state index is 0.336. The van der Waals surface area contributed by atoms with Crippen LogP contribution in [0.1, 0.15) is 13.8 Å². The molecule has 1 aromatic heterocycles. The van der Waals surface area contributed by atoms with E-state index < -0.39 is 0 Å². The molecule has 0 bridgehead atoms. The Hall–Kier alpha value is -1.36. The standard InChI is InChI=1S/C11H11BrN2O2/c1-3-14-6-8-10(13-14)5-4-9(12)11(8)16-7(2)15/h4-6H,3H2,1-2H3. The second kappa shape index (κ2) is 4.25. The van der Waals surface area contributed by atoms with Gasteiger partial charge >= 0.3 is 5.97 Å². The first-order valence-corrected chi connectivity index (χ1v) is 5.75. The SMILES string of the molecule is CCn1cc2c(OC(C)=O)c(Br)ccc2n1. The summed E-state index contributed by atoms with van der Waals surface area (Å²) < 4.78 is 7.74. The molecule has 0 aliphatic carbocycles. The van der Waals surface area contributed by atoms with Gasteiger partial charge in [-0.2, -0.15) is 5.10 Å². The molecule has 0 atom stereocenters. The molecule has 2 aromatic rings. The number of esters is 1. The summed E-state index contributed by atoms with van der Waals surface area (Å²) in [5, 5.41) is 5.18. The van der Waals surface area contributed by atoms with Crippen LogP contribution >= 0.6 is 15.9 Å². The van der Waals surface area contributed by atoms with E-state index in [1.54, 1.807) is 0 Å². The van der Waals surface area contributed by atoms with E-state index in [1.807, 2.05) is 29.9 Å². The van der Waals surface area contributed by atoms with Gasteiger partial charge < -0.3 is 4.74 Å². The zero-order valence-electron chi connectivity index (χ0n) is 9.03. The quantitative estimate of drug-likeness (QED) is 0.628. The van der Waals surface area contributed by atoms with Gasteiger partial charge in [0, 0.05) is 19.7 Å². The second-order valence-corrected chi connectivity index (χ2v) is 4.24. The van der Waals surface area contributed by atoms with Crippen molar-refractivity contribution in [3.05, 3.63) is 22.8 Å². The number of carbonyl (C=O) groups is 1. The number of carbonyl (C=O) groups excluding carboxylic acids is 1. The Morgan fingerprint density at radius 3 is 2.94 bits per heavy atom. The van der Waals surface area contributed by atoms with E-state index in [2.05, 4.69) is 21.0 Å². The number of hydrogen-bond acceptors (Lipinski definition) is 3. The molecule has 0 N–H and O–H groups in total. The third kappa shape index (κ3) is 1.95. The fraction of sp³-hybridized carbons (Fsp3) is 0.273. The Morgan fingerprint density at radius 1 is 1.56 bits per heavy atom. The molecule has 0 spiro atoms. The zero-order chi connectivity index (χ0) is 11.7. The van der Waals surface area contributed by atoms with E-state index in [-0.39, 0.29) is 5.97 Å². The first kappa shape index (κ1) is 11.1. The molecule has 0 aliphatic heterocycles. The van der Waals surface area contributed by atoms with Crippen LogP contribution in [0.5, 0.6) is 5.75 Å². The molecular weight excluding hydrogens is 272 g/mol. The predicted molar refractivity (Wildman–Crippen MR) is 64.4 cm³/mol. The Morgan fingerprint density at radius 2 is 2.31 bits per heavy atom. The third-order valence-corrected chi connectivity index (χ3v) is 2.83. The molecule has 0 fully saturated rings. The molecular formula is C11H11BrN2O2. The van der Waals surface area contributed by atoms with Crippen molar-refractivity contribution in [1.82, 2.24) is 9.78 Å². The largest absolute Gasteiger partial charge is 0.425 e. The maximum Gasteiger partial charge on any atom is 0.308 e. The number of ether oxygens (including phenoxy) is 1. The van der Waals surface area contributed by atoms with Crippen LogP contribution in [-0.2, 0) is 11.3 Å². The molecule has 0 unspecified atom stereocenters. The molecule has 1 aromatic carbocycles. The van der Waals surface area contributed by atoms with Crippen LogP contribution in [0, 0.1) is 0 Å². The zero-order valence-corrected chi connectivity index (χ0v) is 10.6. The fourth-order valence-corrected chi connectivity index (χ4v) is 1.93. The normalized spacial score (nSPS) is 10.7. The number of aromatic nitrogens is 2. The lowest BCUT2D eigenvalue weighted by molar-refractivity contribution is -0.131. The van der Waals surface area contributed by atoms with Gasteiger partial charge in [-0.15, -0.1) is 0 Å². The number of nitrogens with zero attached hydrogens (tertiary/aromatic N) is 2. The van der Waals surface area contributed by atoms with E-state index in [0.29, 0.717) is 5.75 Å². The summed E-state index contributed by atoms with van der Waals surface area (Å²) in [7, 11) is 0. The van der Waals surface area contributed by atoms with Gasteiger partial charge in [-0.25, -0.2) is 0 Å². The average Bonchev–Trinajstić information content (AvgIpc) is 2.65. The maximum absolute atomic E-state index is 11.0. The summed E-state index contributed by atoms with van der Waals surface area (Å²) in [6, 6.07) is 3.71. The van der Waals surface area contributed by atoms with Crippen molar-refractivity contribution >= 4 is 32.8 Å². The van der Waals surface area contributed by atoms with E-state index >= 15 is 0 Å². The van der Waals surface area contributed by atoms with Crippen LogP contribution < -0.4 is 4.74 Å². The van der Waals surface area contributed by atoms with Crippen LogP contribution in [0.4, 0.5) is 0 Å². The van der Waals surface area contributed by atoms with Gasteiger partial charge in [0.1, 0.15) is 0 Å². The van der Waals surface area contributed by atoms with E-state index in [1.165, 1.54) is 6.92 Å². The molecule has 0 radical (unpaired) electrons. The van der Waals surface area contributed by atoms with Gasteiger partial charge in [-0.05, 0) is 35.0 Å². The van der Waals surface area contributed by atoms with Crippen molar-refractivity contribution in [2.24, 2.45) is 0 Å². The molecule has 4 nitrogen and oxygen atoms in total. The first-order chi connectivity index (χ1) is 7.61. The topological polar surface area (TPSA) is 44.1 Å². The lowest BCUT2D eigenvalue weighted by Crippen LogP contribution is -2.02. The Kier molecular flexibility index (Phi) is 2.96. The molecule has 5 heteroatoms. The van der Waals surface area contributed by atoms with Crippen molar-refractivity contribution in [3.63, 3.8) is 0 Å². The summed E-state index contributed by atoms with van der Waals surface area (Å²) in [5.74, 6) is 0.196. The first-order valence-electron chi connectivity index (χ1n) is 4.96. The highest BCUT2D eigenvalue weighted by molar-refractivity contribution is 9.10. The van der Waals surface area contributed by atoms with E-state index in [4.69, 9.17) is 4.74 Å². The molecule has 2 rings (SSSR count). The van der Waals surface area contributed by atoms with Crippen LogP contribution in [0.15, 0.2) is 22.8 Å². The van der Waals surface area contributed by atoms with Crippen molar-refractivity contribution in [2.45, 2.75) is 20.4 Å². The monoisotopic (exact) mass is 282 g/mol. The lowest BCUT2D eigenvalue weighted by atomic mass is 10.2. The highest BCUT2D eigenvalue weighted by Crippen LogP contribution is 2.33. The summed E-state index contributed by atoms with van der Waals surface area (Å²) in [5.41, 5.74) is 0.821. The van der Waals surface area contributed by atoms with Gasteiger partial charge in [0.25, 0.3) is 0 Å². The highest BCUT2D eigenvalue weighted by Gasteiger charge is 2.12. The van der Waals surface area contributed by atoms with Crippen molar-refractivity contribution in [3.8, 4) is 5.75 Å². The van der Waals surface area contributed by atoms with Crippen LogP contribution in [-0.4, -0.2) is 15.7 Å². The average molecular weight is 283 g/mol. The molecule has 0 amide bonds. The minimum Gasteiger partial charge on any atom is -0.425 e. The van der Waals surface area contributed by atoms with E-state index in [9.17, 15) is 4.79 Å². The molecule has 16 heavy (non-hydrogen) atoms. The third-order valence-electron chi connectivity index (χ3n) is 2.21. The van der Waals surface area contributed by atoms with Gasteiger partial charge in [0.15, 0.2) is 5.75 Å². The summed E-state index contributed by atoms with van der Waals surface area (Å²) in [6.07, 6.45) is 1.87. The van der Waals surface area contributed by atoms with Crippen molar-refractivity contribution < 1.29 is 9.53 Å². The maximum atomic E-state index is 11.0.